The Labute approximate surface area is 114 Å². The zero-order chi connectivity index (χ0) is 13.0. The van der Waals surface area contributed by atoms with E-state index in [0.29, 0.717) is 6.04 Å². The fraction of sp³-hybridized carbons (Fsp3) is 0.692. The van der Waals surface area contributed by atoms with Crippen molar-refractivity contribution in [2.75, 3.05) is 29.6 Å². The Balaban J connectivity index is 2.27. The van der Waals surface area contributed by atoms with Gasteiger partial charge >= 0.3 is 0 Å². The minimum Gasteiger partial charge on any atom is -0.370 e. The molecule has 18 heavy (non-hydrogen) atoms. The summed E-state index contributed by atoms with van der Waals surface area (Å²) in [5.74, 6) is 2.00. The van der Waals surface area contributed by atoms with E-state index in [1.165, 1.54) is 19.3 Å². The molecule has 1 N–H and O–H groups in total. The molecule has 1 unspecified atom stereocenters. The minimum absolute atomic E-state index is 0.581. The van der Waals surface area contributed by atoms with Gasteiger partial charge in [-0.2, -0.15) is 0 Å². The normalized spacial score (nSPS) is 19.9. The van der Waals surface area contributed by atoms with E-state index < -0.39 is 0 Å². The SMILES string of the molecule is CCNc1cc(N2CCCCC2C)nc(SC)n1. The van der Waals surface area contributed by atoms with Crippen LogP contribution < -0.4 is 10.2 Å². The maximum atomic E-state index is 4.65. The van der Waals surface area contributed by atoms with Gasteiger partial charge < -0.3 is 10.2 Å². The zero-order valence-corrected chi connectivity index (χ0v) is 12.3. The van der Waals surface area contributed by atoms with Gasteiger partial charge in [0.2, 0.25) is 0 Å². The molecule has 1 aliphatic heterocycles. The van der Waals surface area contributed by atoms with Crippen LogP contribution in [-0.2, 0) is 0 Å². The van der Waals surface area contributed by atoms with Crippen molar-refractivity contribution in [3.05, 3.63) is 6.07 Å². The molecule has 1 aromatic heterocycles. The third kappa shape index (κ3) is 3.07. The third-order valence-corrected chi connectivity index (χ3v) is 3.88. The van der Waals surface area contributed by atoms with E-state index in [2.05, 4.69) is 40.1 Å². The Morgan fingerprint density at radius 2 is 2.28 bits per heavy atom. The Hall–Kier alpha value is -0.970. The molecule has 0 saturated carbocycles. The standard InChI is InChI=1S/C13H22N4S/c1-4-14-11-9-12(16-13(15-11)18-3)17-8-6-5-7-10(17)2/h9-10H,4-8H2,1-3H3,(H,14,15,16). The second-order valence-corrected chi connectivity index (χ2v) is 5.44. The molecular formula is C13H22N4S. The summed E-state index contributed by atoms with van der Waals surface area (Å²) in [6.07, 6.45) is 5.88. The maximum absolute atomic E-state index is 4.65. The number of rotatable bonds is 4. The van der Waals surface area contributed by atoms with Gasteiger partial charge in [0.1, 0.15) is 11.6 Å². The monoisotopic (exact) mass is 266 g/mol. The van der Waals surface area contributed by atoms with Gasteiger partial charge in [0.25, 0.3) is 0 Å². The van der Waals surface area contributed by atoms with Gasteiger partial charge in [-0.15, -0.1) is 0 Å². The average Bonchev–Trinajstić information content (AvgIpc) is 2.39. The van der Waals surface area contributed by atoms with Crippen molar-refractivity contribution >= 4 is 23.4 Å². The van der Waals surface area contributed by atoms with Gasteiger partial charge in [-0.25, -0.2) is 9.97 Å². The van der Waals surface area contributed by atoms with Gasteiger partial charge in [0.15, 0.2) is 5.16 Å². The first-order valence-corrected chi connectivity index (χ1v) is 7.90. The quantitative estimate of drug-likeness (QED) is 0.670. The lowest BCUT2D eigenvalue weighted by Gasteiger charge is -2.34. The van der Waals surface area contributed by atoms with Crippen molar-refractivity contribution in [1.82, 2.24) is 9.97 Å². The van der Waals surface area contributed by atoms with E-state index in [1.54, 1.807) is 11.8 Å². The first kappa shape index (κ1) is 13.5. The van der Waals surface area contributed by atoms with Crippen molar-refractivity contribution in [2.45, 2.75) is 44.3 Å². The van der Waals surface area contributed by atoms with Crippen LogP contribution in [0.3, 0.4) is 0 Å². The summed E-state index contributed by atoms with van der Waals surface area (Å²) in [6, 6.07) is 2.66. The van der Waals surface area contributed by atoms with E-state index in [0.717, 1.165) is 29.9 Å². The molecular weight excluding hydrogens is 244 g/mol. The molecule has 0 aliphatic carbocycles. The summed E-state index contributed by atoms with van der Waals surface area (Å²) in [4.78, 5) is 11.5. The molecule has 4 nitrogen and oxygen atoms in total. The third-order valence-electron chi connectivity index (χ3n) is 3.33. The fourth-order valence-corrected chi connectivity index (χ4v) is 2.74. The van der Waals surface area contributed by atoms with Crippen molar-refractivity contribution in [3.8, 4) is 0 Å². The van der Waals surface area contributed by atoms with Crippen molar-refractivity contribution < 1.29 is 0 Å². The number of aromatic nitrogens is 2. The van der Waals surface area contributed by atoms with Crippen LogP contribution in [0.15, 0.2) is 11.2 Å². The molecule has 1 fully saturated rings. The van der Waals surface area contributed by atoms with Crippen LogP contribution in [-0.4, -0.2) is 35.4 Å². The summed E-state index contributed by atoms with van der Waals surface area (Å²) < 4.78 is 0. The lowest BCUT2D eigenvalue weighted by Crippen LogP contribution is -2.38. The molecule has 0 amide bonds. The molecule has 1 saturated heterocycles. The summed E-state index contributed by atoms with van der Waals surface area (Å²) in [5, 5.41) is 4.13. The van der Waals surface area contributed by atoms with E-state index >= 15 is 0 Å². The van der Waals surface area contributed by atoms with E-state index in [-0.39, 0.29) is 0 Å². The number of thioether (sulfide) groups is 1. The Kier molecular flexibility index (Phi) is 4.69. The highest BCUT2D eigenvalue weighted by Gasteiger charge is 2.20. The average molecular weight is 266 g/mol. The van der Waals surface area contributed by atoms with E-state index in [1.807, 2.05) is 6.26 Å². The van der Waals surface area contributed by atoms with Gasteiger partial charge in [-0.1, -0.05) is 11.8 Å². The van der Waals surface area contributed by atoms with Crippen LogP contribution >= 0.6 is 11.8 Å². The van der Waals surface area contributed by atoms with E-state index in [4.69, 9.17) is 0 Å². The molecule has 1 atom stereocenters. The molecule has 2 heterocycles. The fourth-order valence-electron chi connectivity index (χ4n) is 2.36. The minimum atomic E-state index is 0.581. The molecule has 1 aliphatic rings. The topological polar surface area (TPSA) is 41.0 Å². The molecule has 0 aromatic carbocycles. The largest absolute Gasteiger partial charge is 0.370 e. The van der Waals surface area contributed by atoms with Gasteiger partial charge in [-0.3, -0.25) is 0 Å². The van der Waals surface area contributed by atoms with Crippen LogP contribution in [0.4, 0.5) is 11.6 Å². The second kappa shape index (κ2) is 6.27. The number of piperidine rings is 1. The van der Waals surface area contributed by atoms with Crippen molar-refractivity contribution in [2.24, 2.45) is 0 Å². The summed E-state index contributed by atoms with van der Waals surface area (Å²) in [6.45, 7) is 6.37. The lowest BCUT2D eigenvalue weighted by molar-refractivity contribution is 0.480. The molecule has 0 spiro atoms. The van der Waals surface area contributed by atoms with Crippen LogP contribution in [0.5, 0.6) is 0 Å². The molecule has 0 radical (unpaired) electrons. The lowest BCUT2D eigenvalue weighted by atomic mass is 10.0. The maximum Gasteiger partial charge on any atom is 0.191 e. The number of anilines is 2. The summed E-state index contributed by atoms with van der Waals surface area (Å²) >= 11 is 1.60. The van der Waals surface area contributed by atoms with Crippen LogP contribution in [0.25, 0.3) is 0 Å². The zero-order valence-electron chi connectivity index (χ0n) is 11.4. The molecule has 2 rings (SSSR count). The summed E-state index contributed by atoms with van der Waals surface area (Å²) in [7, 11) is 0. The predicted molar refractivity (Wildman–Crippen MR) is 78.6 cm³/mol. The van der Waals surface area contributed by atoms with Gasteiger partial charge in [0, 0.05) is 25.2 Å². The first-order chi connectivity index (χ1) is 8.74. The van der Waals surface area contributed by atoms with Gasteiger partial charge in [0.05, 0.1) is 0 Å². The number of nitrogens with one attached hydrogen (secondary N) is 1. The Morgan fingerprint density at radius 3 is 2.94 bits per heavy atom. The highest BCUT2D eigenvalue weighted by atomic mass is 32.2. The highest BCUT2D eigenvalue weighted by Crippen LogP contribution is 2.26. The number of nitrogens with zero attached hydrogens (tertiary/aromatic N) is 3. The van der Waals surface area contributed by atoms with Crippen LogP contribution in [0.1, 0.15) is 33.1 Å². The number of hydrogen-bond acceptors (Lipinski definition) is 5. The van der Waals surface area contributed by atoms with Gasteiger partial charge in [-0.05, 0) is 39.4 Å². The van der Waals surface area contributed by atoms with Crippen LogP contribution in [0, 0.1) is 0 Å². The predicted octanol–water partition coefficient (Wildman–Crippen LogP) is 3.01. The second-order valence-electron chi connectivity index (χ2n) is 4.67. The molecule has 1 aromatic rings. The first-order valence-electron chi connectivity index (χ1n) is 6.68. The molecule has 0 bridgehead atoms. The Bertz CT molecular complexity index is 397. The van der Waals surface area contributed by atoms with Crippen LogP contribution in [0.2, 0.25) is 0 Å². The highest BCUT2D eigenvalue weighted by molar-refractivity contribution is 7.98. The Morgan fingerprint density at radius 1 is 1.44 bits per heavy atom. The smallest absolute Gasteiger partial charge is 0.191 e. The molecule has 100 valence electrons. The number of hydrogen-bond donors (Lipinski definition) is 1. The van der Waals surface area contributed by atoms with Crippen molar-refractivity contribution in [1.29, 1.82) is 0 Å². The summed E-state index contributed by atoms with van der Waals surface area (Å²) in [5.41, 5.74) is 0. The van der Waals surface area contributed by atoms with E-state index in [9.17, 15) is 0 Å². The van der Waals surface area contributed by atoms with Crippen molar-refractivity contribution in [3.63, 3.8) is 0 Å². The molecule has 5 heteroatoms.